The summed E-state index contributed by atoms with van der Waals surface area (Å²) in [5.74, 6) is 0.363. The first kappa shape index (κ1) is 17.1. The van der Waals surface area contributed by atoms with Crippen molar-refractivity contribution in [1.29, 1.82) is 0 Å². The first-order valence-corrected chi connectivity index (χ1v) is 7.90. The lowest BCUT2D eigenvalue weighted by molar-refractivity contribution is -0.145. The highest BCUT2D eigenvalue weighted by atomic mass is 16.5. The molecule has 0 fully saturated rings. The van der Waals surface area contributed by atoms with Gasteiger partial charge in [-0.15, -0.1) is 0 Å². The fourth-order valence-electron chi connectivity index (χ4n) is 2.38. The normalized spacial score (nSPS) is 10.7. The van der Waals surface area contributed by atoms with Crippen molar-refractivity contribution in [2.24, 2.45) is 0 Å². The van der Waals surface area contributed by atoms with Crippen molar-refractivity contribution in [1.82, 2.24) is 0 Å². The fourth-order valence-corrected chi connectivity index (χ4v) is 2.38. The minimum atomic E-state index is -0.472. The molecule has 0 N–H and O–H groups in total. The van der Waals surface area contributed by atoms with Crippen LogP contribution in [0, 0.1) is 0 Å². The van der Waals surface area contributed by atoms with E-state index in [1.54, 1.807) is 25.3 Å². The largest absolute Gasteiger partial charge is 0.497 e. The number of fused-ring (bicyclic) bond motifs is 1. The van der Waals surface area contributed by atoms with E-state index in [4.69, 9.17) is 13.9 Å². The molecular weight excluding hydrogens is 296 g/mol. The summed E-state index contributed by atoms with van der Waals surface area (Å²) in [6.07, 6.45) is 4.53. The molecule has 0 spiro atoms. The van der Waals surface area contributed by atoms with Gasteiger partial charge >= 0.3 is 11.6 Å². The smallest absolute Gasteiger partial charge is 0.336 e. The lowest BCUT2D eigenvalue weighted by Crippen LogP contribution is -2.07. The highest BCUT2D eigenvalue weighted by Crippen LogP contribution is 2.23. The van der Waals surface area contributed by atoms with Gasteiger partial charge in [0.2, 0.25) is 0 Å². The Morgan fingerprint density at radius 2 is 2.00 bits per heavy atom. The SMILES string of the molecule is CCCCCCC(=O)OCc1cc(=O)oc2cc(OC)ccc12. The maximum absolute atomic E-state index is 11.8. The molecular formula is C18H22O5. The molecule has 0 saturated carbocycles. The second kappa shape index (κ2) is 8.36. The van der Waals surface area contributed by atoms with Crippen LogP contribution < -0.4 is 10.4 Å². The van der Waals surface area contributed by atoms with Gasteiger partial charge in [-0.1, -0.05) is 26.2 Å². The van der Waals surface area contributed by atoms with E-state index in [0.29, 0.717) is 23.3 Å². The topological polar surface area (TPSA) is 65.7 Å². The second-order valence-corrected chi connectivity index (χ2v) is 5.42. The summed E-state index contributed by atoms with van der Waals surface area (Å²) in [4.78, 5) is 23.4. The van der Waals surface area contributed by atoms with Crippen molar-refractivity contribution >= 4 is 16.9 Å². The number of methoxy groups -OCH3 is 1. The van der Waals surface area contributed by atoms with Crippen molar-refractivity contribution < 1.29 is 18.7 Å². The van der Waals surface area contributed by atoms with Gasteiger partial charge < -0.3 is 13.9 Å². The van der Waals surface area contributed by atoms with E-state index >= 15 is 0 Å². The molecule has 0 aliphatic rings. The minimum Gasteiger partial charge on any atom is -0.497 e. The van der Waals surface area contributed by atoms with Crippen LogP contribution in [0.4, 0.5) is 0 Å². The Hall–Kier alpha value is -2.30. The van der Waals surface area contributed by atoms with E-state index in [9.17, 15) is 9.59 Å². The quantitative estimate of drug-likeness (QED) is 0.420. The number of carbonyl (C=O) groups excluding carboxylic acids is 1. The number of benzene rings is 1. The monoisotopic (exact) mass is 318 g/mol. The first-order valence-electron chi connectivity index (χ1n) is 7.90. The summed E-state index contributed by atoms with van der Waals surface area (Å²) in [5.41, 5.74) is 0.589. The molecule has 0 saturated heterocycles. The number of unbranched alkanes of at least 4 members (excludes halogenated alkanes) is 3. The summed E-state index contributed by atoms with van der Waals surface area (Å²) in [5, 5.41) is 0.740. The van der Waals surface area contributed by atoms with Crippen molar-refractivity contribution in [3.8, 4) is 5.75 Å². The Labute approximate surface area is 135 Å². The number of ether oxygens (including phenoxy) is 2. The Balaban J connectivity index is 2.05. The van der Waals surface area contributed by atoms with Gasteiger partial charge in [0.05, 0.1) is 7.11 Å². The predicted molar refractivity (Wildman–Crippen MR) is 87.6 cm³/mol. The molecule has 1 aromatic heterocycles. The third kappa shape index (κ3) is 4.84. The molecule has 0 atom stereocenters. The van der Waals surface area contributed by atoms with Crippen molar-refractivity contribution in [3.05, 3.63) is 40.2 Å². The highest BCUT2D eigenvalue weighted by molar-refractivity contribution is 5.81. The van der Waals surface area contributed by atoms with Crippen molar-refractivity contribution in [2.75, 3.05) is 7.11 Å². The molecule has 2 aromatic rings. The standard InChI is InChI=1S/C18H22O5/c1-3-4-5-6-7-17(19)22-12-13-10-18(20)23-16-11-14(21-2)8-9-15(13)16/h8-11H,3-7,12H2,1-2H3. The third-order valence-corrected chi connectivity index (χ3v) is 3.66. The summed E-state index contributed by atoms with van der Waals surface area (Å²) in [6.45, 7) is 2.19. The van der Waals surface area contributed by atoms with E-state index in [1.807, 2.05) is 0 Å². The summed E-state index contributed by atoms with van der Waals surface area (Å²) in [6, 6.07) is 6.58. The second-order valence-electron chi connectivity index (χ2n) is 5.42. The molecule has 1 heterocycles. The van der Waals surface area contributed by atoms with E-state index in [1.165, 1.54) is 6.07 Å². The van der Waals surface area contributed by atoms with Gasteiger partial charge in [-0.25, -0.2) is 4.79 Å². The summed E-state index contributed by atoms with van der Waals surface area (Å²) in [7, 11) is 1.55. The van der Waals surface area contributed by atoms with E-state index in [2.05, 4.69) is 6.92 Å². The van der Waals surface area contributed by atoms with Crippen molar-refractivity contribution in [3.63, 3.8) is 0 Å². The lowest BCUT2D eigenvalue weighted by Gasteiger charge is -2.08. The van der Waals surface area contributed by atoms with Crippen LogP contribution in [0.15, 0.2) is 33.5 Å². The molecule has 0 aliphatic heterocycles. The average Bonchev–Trinajstić information content (AvgIpc) is 2.55. The lowest BCUT2D eigenvalue weighted by atomic mass is 10.1. The van der Waals surface area contributed by atoms with Gasteiger partial charge in [0, 0.05) is 29.5 Å². The van der Waals surface area contributed by atoms with Crippen LogP contribution in [0.1, 0.15) is 44.6 Å². The summed E-state index contributed by atoms with van der Waals surface area (Å²) >= 11 is 0. The Morgan fingerprint density at radius 1 is 1.17 bits per heavy atom. The highest BCUT2D eigenvalue weighted by Gasteiger charge is 2.09. The Morgan fingerprint density at radius 3 is 2.74 bits per heavy atom. The van der Waals surface area contributed by atoms with Gasteiger partial charge in [-0.2, -0.15) is 0 Å². The molecule has 0 radical (unpaired) electrons. The maximum Gasteiger partial charge on any atom is 0.336 e. The number of esters is 1. The van der Waals surface area contributed by atoms with Crippen LogP contribution in [-0.4, -0.2) is 13.1 Å². The summed E-state index contributed by atoms with van der Waals surface area (Å²) < 4.78 is 15.6. The van der Waals surface area contributed by atoms with Crippen LogP contribution in [0.3, 0.4) is 0 Å². The Bertz CT molecular complexity index is 717. The molecule has 5 heteroatoms. The molecule has 2 rings (SSSR count). The molecule has 23 heavy (non-hydrogen) atoms. The average molecular weight is 318 g/mol. The van der Waals surface area contributed by atoms with Gasteiger partial charge in [0.25, 0.3) is 0 Å². The Kier molecular flexibility index (Phi) is 6.20. The molecule has 0 aliphatic carbocycles. The molecule has 0 unspecified atom stereocenters. The first-order chi connectivity index (χ1) is 11.1. The molecule has 0 bridgehead atoms. The molecule has 124 valence electrons. The van der Waals surface area contributed by atoms with Crippen LogP contribution in [-0.2, 0) is 16.1 Å². The van der Waals surface area contributed by atoms with Gasteiger partial charge in [0.1, 0.15) is 17.9 Å². The zero-order valence-electron chi connectivity index (χ0n) is 13.6. The van der Waals surface area contributed by atoms with Crippen LogP contribution >= 0.6 is 0 Å². The van der Waals surface area contributed by atoms with Crippen LogP contribution in [0.2, 0.25) is 0 Å². The number of hydrogen-bond acceptors (Lipinski definition) is 5. The van der Waals surface area contributed by atoms with Gasteiger partial charge in [-0.3, -0.25) is 4.79 Å². The minimum absolute atomic E-state index is 0.0705. The fraction of sp³-hybridized carbons (Fsp3) is 0.444. The van der Waals surface area contributed by atoms with Gasteiger partial charge in [-0.05, 0) is 18.6 Å². The van der Waals surface area contributed by atoms with Crippen LogP contribution in [0.25, 0.3) is 11.0 Å². The van der Waals surface area contributed by atoms with Crippen LogP contribution in [0.5, 0.6) is 5.75 Å². The number of carbonyl (C=O) groups is 1. The number of hydrogen-bond donors (Lipinski definition) is 0. The van der Waals surface area contributed by atoms with E-state index in [0.717, 1.165) is 31.1 Å². The zero-order valence-corrected chi connectivity index (χ0v) is 13.6. The zero-order chi connectivity index (χ0) is 16.7. The maximum atomic E-state index is 11.8. The molecule has 5 nitrogen and oxygen atoms in total. The predicted octanol–water partition coefficient (Wildman–Crippen LogP) is 3.82. The molecule has 1 aromatic carbocycles. The number of rotatable bonds is 8. The third-order valence-electron chi connectivity index (χ3n) is 3.66. The molecule has 0 amide bonds. The van der Waals surface area contributed by atoms with E-state index in [-0.39, 0.29) is 12.6 Å². The van der Waals surface area contributed by atoms with E-state index < -0.39 is 5.63 Å². The van der Waals surface area contributed by atoms with Gasteiger partial charge in [0.15, 0.2) is 0 Å². The van der Waals surface area contributed by atoms with Crippen molar-refractivity contribution in [2.45, 2.75) is 45.6 Å².